The minimum Gasteiger partial charge on any atom is -0.431 e. The minimum absolute atomic E-state index is 0.0129. The van der Waals surface area contributed by atoms with Crippen molar-refractivity contribution in [2.45, 2.75) is 19.1 Å². The monoisotopic (exact) mass is 309 g/mol. The van der Waals surface area contributed by atoms with E-state index in [2.05, 4.69) is 4.98 Å². The first-order chi connectivity index (χ1) is 10.6. The van der Waals surface area contributed by atoms with E-state index in [9.17, 15) is 4.79 Å². The molecule has 0 spiro atoms. The number of oxazole rings is 1. The fourth-order valence-electron chi connectivity index (χ4n) is 2.24. The Morgan fingerprint density at radius 1 is 1.18 bits per heavy atom. The van der Waals surface area contributed by atoms with Crippen molar-refractivity contribution in [2.75, 3.05) is 0 Å². The highest BCUT2D eigenvalue weighted by Crippen LogP contribution is 2.24. The molecule has 0 N–H and O–H groups in total. The van der Waals surface area contributed by atoms with Gasteiger partial charge in [0.25, 0.3) is 5.22 Å². The van der Waals surface area contributed by atoms with Gasteiger partial charge in [0.1, 0.15) is 5.52 Å². The number of allylic oxidation sites excluding steroid dienone is 1. The van der Waals surface area contributed by atoms with E-state index in [-0.39, 0.29) is 5.78 Å². The molecular formula is C18H15NO2S. The first kappa shape index (κ1) is 14.6. The summed E-state index contributed by atoms with van der Waals surface area (Å²) in [5.74, 6) is -0.0129. The smallest absolute Gasteiger partial charge is 0.261 e. The zero-order valence-electron chi connectivity index (χ0n) is 12.4. The molecule has 0 saturated heterocycles. The van der Waals surface area contributed by atoms with Crippen molar-refractivity contribution in [2.24, 2.45) is 0 Å². The molecule has 0 aliphatic rings. The molecule has 1 aromatic heterocycles. The Morgan fingerprint density at radius 2 is 2.00 bits per heavy atom. The molecule has 0 unspecified atom stereocenters. The van der Waals surface area contributed by atoms with E-state index in [1.165, 1.54) is 11.8 Å². The third-order valence-electron chi connectivity index (χ3n) is 3.31. The maximum absolute atomic E-state index is 12.2. The number of nitrogens with zero attached hydrogens (tertiary/aromatic N) is 1. The molecule has 0 bridgehead atoms. The average molecular weight is 309 g/mol. The van der Waals surface area contributed by atoms with Crippen LogP contribution in [0.15, 0.2) is 63.6 Å². The van der Waals surface area contributed by atoms with Crippen molar-refractivity contribution >= 4 is 28.6 Å². The Balaban J connectivity index is 1.72. The van der Waals surface area contributed by atoms with Gasteiger partial charge in [-0.1, -0.05) is 35.9 Å². The summed E-state index contributed by atoms with van der Waals surface area (Å²) in [7, 11) is 0. The van der Waals surface area contributed by atoms with E-state index < -0.39 is 0 Å². The fraction of sp³-hybridized carbons (Fsp3) is 0.111. The predicted molar refractivity (Wildman–Crippen MR) is 89.3 cm³/mol. The van der Waals surface area contributed by atoms with Crippen LogP contribution in [0.2, 0.25) is 0 Å². The van der Waals surface area contributed by atoms with Gasteiger partial charge >= 0.3 is 0 Å². The molecule has 0 amide bonds. The van der Waals surface area contributed by atoms with Gasteiger partial charge < -0.3 is 4.42 Å². The van der Waals surface area contributed by atoms with Gasteiger partial charge in [0, 0.05) is 5.56 Å². The van der Waals surface area contributed by atoms with Crippen LogP contribution in [0.1, 0.15) is 21.5 Å². The number of aromatic nitrogens is 1. The molecule has 0 aliphatic carbocycles. The summed E-state index contributed by atoms with van der Waals surface area (Å²) < 4.78 is 5.58. The van der Waals surface area contributed by atoms with Gasteiger partial charge in [-0.05, 0) is 54.8 Å². The largest absolute Gasteiger partial charge is 0.431 e. The molecule has 3 aromatic rings. The summed E-state index contributed by atoms with van der Waals surface area (Å²) in [5.41, 5.74) is 4.43. The lowest BCUT2D eigenvalue weighted by atomic mass is 10.0. The Hall–Kier alpha value is -2.33. The van der Waals surface area contributed by atoms with Crippen molar-refractivity contribution in [1.29, 1.82) is 0 Å². The van der Waals surface area contributed by atoms with Crippen LogP contribution < -0.4 is 0 Å². The number of thioether (sulfide) groups is 1. The number of fused-ring (bicyclic) bond motifs is 1. The maximum atomic E-state index is 12.2. The van der Waals surface area contributed by atoms with E-state index in [0.717, 1.165) is 27.8 Å². The first-order valence-corrected chi connectivity index (χ1v) is 7.82. The van der Waals surface area contributed by atoms with Crippen LogP contribution in [0.4, 0.5) is 0 Å². The van der Waals surface area contributed by atoms with Crippen LogP contribution in [-0.4, -0.2) is 10.8 Å². The summed E-state index contributed by atoms with van der Waals surface area (Å²) in [4.78, 5) is 16.5. The lowest BCUT2D eigenvalue weighted by molar-refractivity contribution is 0.104. The van der Waals surface area contributed by atoms with Gasteiger partial charge in [0.05, 0.1) is 0 Å². The van der Waals surface area contributed by atoms with Gasteiger partial charge in [0.2, 0.25) is 0 Å². The van der Waals surface area contributed by atoms with Crippen molar-refractivity contribution < 1.29 is 9.21 Å². The zero-order chi connectivity index (χ0) is 15.5. The SMILES string of the molecule is Cc1ccc(C(=O)/C=C\Sc2nc3ccccc3o2)c(C)c1. The quantitative estimate of drug-likeness (QED) is 0.389. The third-order valence-corrected chi connectivity index (χ3v) is 3.96. The summed E-state index contributed by atoms with van der Waals surface area (Å²) in [6.45, 7) is 3.96. The van der Waals surface area contributed by atoms with Crippen LogP contribution in [0.25, 0.3) is 11.1 Å². The number of aryl methyl sites for hydroxylation is 2. The molecule has 0 atom stereocenters. The summed E-state index contributed by atoms with van der Waals surface area (Å²) in [5, 5.41) is 2.25. The van der Waals surface area contributed by atoms with Gasteiger partial charge in [-0.3, -0.25) is 4.79 Å². The standard InChI is InChI=1S/C18H15NO2S/c1-12-7-8-14(13(2)11-12)16(20)9-10-22-18-19-15-5-3-4-6-17(15)21-18/h3-11H,1-2H3/b10-9-. The summed E-state index contributed by atoms with van der Waals surface area (Å²) >= 11 is 1.30. The van der Waals surface area contributed by atoms with Crippen LogP contribution >= 0.6 is 11.8 Å². The Bertz CT molecular complexity index is 831. The van der Waals surface area contributed by atoms with Crippen LogP contribution in [0.5, 0.6) is 0 Å². The topological polar surface area (TPSA) is 43.1 Å². The Kier molecular flexibility index (Phi) is 4.11. The molecule has 0 radical (unpaired) electrons. The highest BCUT2D eigenvalue weighted by atomic mass is 32.2. The maximum Gasteiger partial charge on any atom is 0.261 e. The number of para-hydroxylation sites is 2. The molecule has 2 aromatic carbocycles. The summed E-state index contributed by atoms with van der Waals surface area (Å²) in [6, 6.07) is 13.4. The van der Waals surface area contributed by atoms with E-state index in [1.54, 1.807) is 11.5 Å². The van der Waals surface area contributed by atoms with Crippen molar-refractivity contribution in [3.63, 3.8) is 0 Å². The molecular weight excluding hydrogens is 294 g/mol. The number of carbonyl (C=O) groups excluding carboxylic acids is 1. The molecule has 4 heteroatoms. The molecule has 22 heavy (non-hydrogen) atoms. The van der Waals surface area contributed by atoms with Crippen LogP contribution in [0.3, 0.4) is 0 Å². The van der Waals surface area contributed by atoms with Crippen molar-refractivity contribution in [3.05, 3.63) is 70.6 Å². The Morgan fingerprint density at radius 3 is 2.77 bits per heavy atom. The van der Waals surface area contributed by atoms with E-state index in [0.29, 0.717) is 5.22 Å². The van der Waals surface area contributed by atoms with E-state index in [1.807, 2.05) is 56.3 Å². The molecule has 0 saturated carbocycles. The second-order valence-electron chi connectivity index (χ2n) is 5.05. The minimum atomic E-state index is -0.0129. The van der Waals surface area contributed by atoms with E-state index in [4.69, 9.17) is 4.42 Å². The molecule has 110 valence electrons. The normalized spacial score (nSPS) is 11.4. The van der Waals surface area contributed by atoms with Gasteiger partial charge in [-0.15, -0.1) is 0 Å². The van der Waals surface area contributed by atoms with Gasteiger partial charge in [0.15, 0.2) is 11.4 Å². The number of hydrogen-bond donors (Lipinski definition) is 0. The second kappa shape index (κ2) is 6.20. The first-order valence-electron chi connectivity index (χ1n) is 6.94. The van der Waals surface area contributed by atoms with Gasteiger partial charge in [-0.2, -0.15) is 0 Å². The average Bonchev–Trinajstić information content (AvgIpc) is 2.89. The number of benzene rings is 2. The van der Waals surface area contributed by atoms with Crippen LogP contribution in [0, 0.1) is 13.8 Å². The number of ketones is 1. The molecule has 3 nitrogen and oxygen atoms in total. The highest BCUT2D eigenvalue weighted by Gasteiger charge is 2.07. The molecule has 3 rings (SSSR count). The van der Waals surface area contributed by atoms with Crippen molar-refractivity contribution in [3.8, 4) is 0 Å². The second-order valence-corrected chi connectivity index (χ2v) is 5.91. The predicted octanol–water partition coefficient (Wildman–Crippen LogP) is 4.93. The lowest BCUT2D eigenvalue weighted by Crippen LogP contribution is -1.97. The third kappa shape index (κ3) is 3.12. The lowest BCUT2D eigenvalue weighted by Gasteiger charge is -2.02. The highest BCUT2D eigenvalue weighted by molar-refractivity contribution is 8.01. The zero-order valence-corrected chi connectivity index (χ0v) is 13.2. The summed E-state index contributed by atoms with van der Waals surface area (Å²) in [6.07, 6.45) is 1.55. The molecule has 0 aliphatic heterocycles. The number of rotatable bonds is 4. The van der Waals surface area contributed by atoms with Gasteiger partial charge in [-0.25, -0.2) is 4.98 Å². The van der Waals surface area contributed by atoms with E-state index >= 15 is 0 Å². The number of carbonyl (C=O) groups is 1. The molecule has 1 heterocycles. The Labute approximate surface area is 133 Å². The molecule has 0 fully saturated rings. The number of hydrogen-bond acceptors (Lipinski definition) is 4. The van der Waals surface area contributed by atoms with Crippen molar-refractivity contribution in [1.82, 2.24) is 4.98 Å². The fourth-order valence-corrected chi connectivity index (χ4v) is 2.83. The van der Waals surface area contributed by atoms with Crippen LogP contribution in [-0.2, 0) is 0 Å².